The number of alkyl halides is 1. The molecule has 1 N–H and O–H groups in total. The molecule has 0 saturated carbocycles. The van der Waals surface area contributed by atoms with Gasteiger partial charge in [0, 0.05) is 6.54 Å². The number of likely N-dealkylation sites (N-methyl/N-ethyl adjacent to an activating group) is 1. The zero-order valence-electron chi connectivity index (χ0n) is 4.19. The molecular formula is C4H8BrN2. The van der Waals surface area contributed by atoms with E-state index in [0.29, 0.717) is 4.95 Å². The first-order chi connectivity index (χ1) is 3.29. The van der Waals surface area contributed by atoms with E-state index in [4.69, 9.17) is 0 Å². The van der Waals surface area contributed by atoms with Gasteiger partial charge < -0.3 is 0 Å². The Labute approximate surface area is 52.0 Å². The maximum Gasteiger partial charge on any atom is 0.0901 e. The normalized spacial score (nSPS) is 34.3. The molecule has 7 heavy (non-hydrogen) atoms. The van der Waals surface area contributed by atoms with Gasteiger partial charge in [0.05, 0.1) is 11.6 Å². The summed E-state index contributed by atoms with van der Waals surface area (Å²) in [5.74, 6) is 0. The number of nitrogens with zero attached hydrogens (tertiary/aromatic N) is 1. The summed E-state index contributed by atoms with van der Waals surface area (Å²) in [6.07, 6.45) is 0. The van der Waals surface area contributed by atoms with Crippen LogP contribution >= 0.6 is 15.9 Å². The van der Waals surface area contributed by atoms with E-state index >= 15 is 0 Å². The monoisotopic (exact) mass is 163 g/mol. The molecule has 3 heteroatoms. The Morgan fingerprint density at radius 2 is 2.71 bits per heavy atom. The molecule has 0 amide bonds. The van der Waals surface area contributed by atoms with Crippen molar-refractivity contribution in [3.8, 4) is 0 Å². The predicted molar refractivity (Wildman–Crippen MR) is 32.8 cm³/mol. The van der Waals surface area contributed by atoms with Crippen LogP contribution < -0.4 is 5.32 Å². The van der Waals surface area contributed by atoms with Crippen molar-refractivity contribution in [2.45, 2.75) is 4.95 Å². The first-order valence-electron chi connectivity index (χ1n) is 2.23. The van der Waals surface area contributed by atoms with Crippen LogP contribution in [-0.4, -0.2) is 23.4 Å². The van der Waals surface area contributed by atoms with Crippen LogP contribution in [0.25, 0.3) is 0 Å². The Bertz CT molecular complexity index is 58.7. The van der Waals surface area contributed by atoms with Crippen LogP contribution in [-0.2, 0) is 0 Å². The summed E-state index contributed by atoms with van der Waals surface area (Å²) in [5, 5.41) is 3.09. The molecule has 0 aliphatic carbocycles. The van der Waals surface area contributed by atoms with E-state index in [2.05, 4.69) is 26.1 Å². The Kier molecular flexibility index (Phi) is 1.67. The minimum absolute atomic E-state index is 0.456. The van der Waals surface area contributed by atoms with Crippen LogP contribution in [0.4, 0.5) is 0 Å². The van der Waals surface area contributed by atoms with Gasteiger partial charge in [-0.2, -0.15) is 0 Å². The lowest BCUT2D eigenvalue weighted by molar-refractivity contribution is 0.474. The van der Waals surface area contributed by atoms with Crippen LogP contribution in [0.5, 0.6) is 0 Å². The van der Waals surface area contributed by atoms with Crippen LogP contribution in [0.1, 0.15) is 0 Å². The molecule has 1 rings (SSSR count). The fourth-order valence-corrected chi connectivity index (χ4v) is 1.14. The predicted octanol–water partition coefficient (Wildman–Crippen LogP) is 0.362. The summed E-state index contributed by atoms with van der Waals surface area (Å²) in [6, 6.07) is 0. The van der Waals surface area contributed by atoms with Crippen molar-refractivity contribution in [3.05, 3.63) is 6.67 Å². The van der Waals surface area contributed by atoms with Gasteiger partial charge in [-0.3, -0.25) is 10.2 Å². The van der Waals surface area contributed by atoms with Crippen molar-refractivity contribution >= 4 is 15.9 Å². The van der Waals surface area contributed by atoms with Crippen molar-refractivity contribution in [2.75, 3.05) is 13.6 Å². The summed E-state index contributed by atoms with van der Waals surface area (Å²) in [5.41, 5.74) is 0. The molecule has 0 aromatic carbocycles. The van der Waals surface area contributed by atoms with Gasteiger partial charge in [-0.05, 0) is 7.05 Å². The summed E-state index contributed by atoms with van der Waals surface area (Å²) in [6.45, 7) is 3.01. The molecule has 1 aliphatic rings. The minimum atomic E-state index is 0.456. The average Bonchev–Trinajstić information content (AvgIpc) is 1.87. The van der Waals surface area contributed by atoms with E-state index in [-0.39, 0.29) is 0 Å². The molecular weight excluding hydrogens is 156 g/mol. The summed E-state index contributed by atoms with van der Waals surface area (Å²) >= 11 is 3.39. The SMILES string of the molecule is CN1[CH]NC(Br)C1. The highest BCUT2D eigenvalue weighted by atomic mass is 79.9. The minimum Gasteiger partial charge on any atom is -0.286 e. The van der Waals surface area contributed by atoms with Crippen molar-refractivity contribution in [3.63, 3.8) is 0 Å². The standard InChI is InChI=1S/C4H8BrN2/c1-7-2-4(5)6-3-7/h3-4,6H,2H2,1H3. The van der Waals surface area contributed by atoms with Crippen LogP contribution in [0.3, 0.4) is 0 Å². The molecule has 1 fully saturated rings. The van der Waals surface area contributed by atoms with Gasteiger partial charge in [-0.25, -0.2) is 0 Å². The van der Waals surface area contributed by atoms with E-state index in [1.165, 1.54) is 0 Å². The lowest BCUT2D eigenvalue weighted by Gasteiger charge is -2.00. The van der Waals surface area contributed by atoms with Crippen LogP contribution in [0.2, 0.25) is 0 Å². The third kappa shape index (κ3) is 1.40. The van der Waals surface area contributed by atoms with Crippen molar-refractivity contribution in [2.24, 2.45) is 0 Å². The molecule has 1 aliphatic heterocycles. The third-order valence-electron chi connectivity index (χ3n) is 0.924. The second-order valence-electron chi connectivity index (χ2n) is 1.70. The lowest BCUT2D eigenvalue weighted by atomic mass is 10.7. The number of hydrogen-bond acceptors (Lipinski definition) is 2. The summed E-state index contributed by atoms with van der Waals surface area (Å²) < 4.78 is 0. The number of rotatable bonds is 0. The van der Waals surface area contributed by atoms with E-state index < -0.39 is 0 Å². The van der Waals surface area contributed by atoms with Gasteiger partial charge >= 0.3 is 0 Å². The molecule has 41 valence electrons. The zero-order valence-corrected chi connectivity index (χ0v) is 5.77. The average molecular weight is 164 g/mol. The molecule has 1 heterocycles. The number of hydrogen-bond donors (Lipinski definition) is 1. The van der Waals surface area contributed by atoms with Gasteiger partial charge in [-0.1, -0.05) is 15.9 Å². The highest BCUT2D eigenvalue weighted by Crippen LogP contribution is 2.05. The van der Waals surface area contributed by atoms with Gasteiger partial charge in [0.25, 0.3) is 0 Å². The van der Waals surface area contributed by atoms with Gasteiger partial charge in [-0.15, -0.1) is 0 Å². The maximum atomic E-state index is 3.39. The molecule has 1 radical (unpaired) electrons. The highest BCUT2D eigenvalue weighted by Gasteiger charge is 2.14. The highest BCUT2D eigenvalue weighted by molar-refractivity contribution is 9.09. The third-order valence-corrected chi connectivity index (χ3v) is 1.48. The molecule has 2 nitrogen and oxygen atoms in total. The van der Waals surface area contributed by atoms with E-state index in [1.807, 2.05) is 13.7 Å². The molecule has 1 atom stereocenters. The topological polar surface area (TPSA) is 15.3 Å². The van der Waals surface area contributed by atoms with E-state index in [1.54, 1.807) is 0 Å². The lowest BCUT2D eigenvalue weighted by Crippen LogP contribution is -2.12. The Morgan fingerprint density at radius 3 is 2.86 bits per heavy atom. The first-order valence-corrected chi connectivity index (χ1v) is 3.14. The van der Waals surface area contributed by atoms with Gasteiger partial charge in [0.1, 0.15) is 0 Å². The van der Waals surface area contributed by atoms with Crippen LogP contribution in [0, 0.1) is 6.67 Å². The molecule has 1 saturated heterocycles. The maximum absolute atomic E-state index is 3.39. The molecule has 0 aromatic heterocycles. The number of nitrogens with one attached hydrogen (secondary N) is 1. The second-order valence-corrected chi connectivity index (χ2v) is 2.81. The summed E-state index contributed by atoms with van der Waals surface area (Å²) in [4.78, 5) is 2.55. The Hall–Kier alpha value is 0.400. The zero-order chi connectivity index (χ0) is 5.28. The van der Waals surface area contributed by atoms with Gasteiger partial charge in [0.15, 0.2) is 0 Å². The molecule has 0 spiro atoms. The molecule has 0 aromatic rings. The van der Waals surface area contributed by atoms with Crippen LogP contribution in [0.15, 0.2) is 0 Å². The smallest absolute Gasteiger partial charge is 0.0901 e. The van der Waals surface area contributed by atoms with Gasteiger partial charge in [0.2, 0.25) is 0 Å². The molecule has 1 unspecified atom stereocenters. The number of halogens is 1. The quantitative estimate of drug-likeness (QED) is 0.410. The van der Waals surface area contributed by atoms with Crippen molar-refractivity contribution in [1.82, 2.24) is 10.2 Å². The largest absolute Gasteiger partial charge is 0.286 e. The first kappa shape index (κ1) is 5.54. The van der Waals surface area contributed by atoms with E-state index in [0.717, 1.165) is 6.54 Å². The molecule has 0 bridgehead atoms. The van der Waals surface area contributed by atoms with E-state index in [9.17, 15) is 0 Å². The second kappa shape index (κ2) is 2.11. The van der Waals surface area contributed by atoms with Crippen molar-refractivity contribution < 1.29 is 0 Å². The summed E-state index contributed by atoms with van der Waals surface area (Å²) in [7, 11) is 2.04. The fraction of sp³-hybridized carbons (Fsp3) is 0.750. The van der Waals surface area contributed by atoms with Crippen molar-refractivity contribution in [1.29, 1.82) is 0 Å². The Morgan fingerprint density at radius 1 is 2.00 bits per heavy atom. The fourth-order valence-electron chi connectivity index (χ4n) is 0.566. The Balaban J connectivity index is 2.26.